The van der Waals surface area contributed by atoms with Crippen molar-refractivity contribution in [2.45, 2.75) is 167 Å². The minimum absolute atomic E-state index is 0.0204. The van der Waals surface area contributed by atoms with E-state index in [-0.39, 0.29) is 56.6 Å². The number of hydrogen-bond donors (Lipinski definition) is 20. The first-order chi connectivity index (χ1) is 48.9. The van der Waals surface area contributed by atoms with Crippen LogP contribution in [0.1, 0.15) is 25.0 Å². The second kappa shape index (κ2) is 31.2. The highest BCUT2D eigenvalue weighted by molar-refractivity contribution is 5.92. The number of esters is 2. The van der Waals surface area contributed by atoms with Crippen molar-refractivity contribution in [1.82, 2.24) is 0 Å². The zero-order chi connectivity index (χ0) is 74.5. The fourth-order valence-corrected chi connectivity index (χ4v) is 12.3. The highest BCUT2D eigenvalue weighted by Crippen LogP contribution is 2.49. The van der Waals surface area contributed by atoms with Gasteiger partial charge in [0.05, 0.1) is 57.3 Å². The van der Waals surface area contributed by atoms with Gasteiger partial charge in [0.25, 0.3) is 0 Å². The summed E-state index contributed by atoms with van der Waals surface area (Å²) in [5.41, 5.74) is -1.94. The summed E-state index contributed by atoms with van der Waals surface area (Å²) in [7, 11) is 2.44. The molecule has 5 aliphatic heterocycles. The summed E-state index contributed by atoms with van der Waals surface area (Å²) in [6.07, 6.45) is -49.5. The Kier molecular flexibility index (Phi) is 23.0. The van der Waals surface area contributed by atoms with Gasteiger partial charge in [-0.05, 0) is 31.2 Å². The molecule has 20 N–H and O–H groups in total. The molecule has 0 aliphatic carbocycles. The molecule has 2 aromatic heterocycles. The molecule has 562 valence electrons. The van der Waals surface area contributed by atoms with Gasteiger partial charge in [0.2, 0.25) is 24.1 Å². The molecule has 7 heterocycles. The second-order valence-electron chi connectivity index (χ2n) is 24.7. The highest BCUT2D eigenvalue weighted by Gasteiger charge is 2.54. The Morgan fingerprint density at radius 1 is 0.505 bits per heavy atom. The predicted molar refractivity (Wildman–Crippen MR) is 333 cm³/mol. The Labute approximate surface area is 578 Å². The van der Waals surface area contributed by atoms with Crippen LogP contribution in [0.3, 0.4) is 0 Å². The van der Waals surface area contributed by atoms with Crippen molar-refractivity contribution in [3.63, 3.8) is 0 Å². The van der Waals surface area contributed by atoms with Crippen LogP contribution in [0.2, 0.25) is 0 Å². The lowest BCUT2D eigenvalue weighted by atomic mass is 9.89. The van der Waals surface area contributed by atoms with E-state index < -0.39 is 249 Å². The average Bonchev–Trinajstić information content (AvgIpc) is 0.750. The number of aliphatic hydroxyl groups is 15. The maximum atomic E-state index is 13.7. The molecule has 0 saturated carbocycles. The van der Waals surface area contributed by atoms with Crippen molar-refractivity contribution in [2.24, 2.45) is 0 Å². The summed E-state index contributed by atoms with van der Waals surface area (Å²) in [5, 5.41) is 217. The first-order valence-corrected chi connectivity index (χ1v) is 31.7. The lowest BCUT2D eigenvalue weighted by Gasteiger charge is -2.46. The van der Waals surface area contributed by atoms with Gasteiger partial charge in [0.15, 0.2) is 35.6 Å². The third-order valence-corrected chi connectivity index (χ3v) is 18.0. The second-order valence-corrected chi connectivity index (χ2v) is 24.7. The summed E-state index contributed by atoms with van der Waals surface area (Å²) in [6.45, 7) is -2.42. The van der Waals surface area contributed by atoms with Crippen LogP contribution in [-0.4, -0.2) is 302 Å². The Balaban J connectivity index is 0.757. The van der Waals surface area contributed by atoms with Gasteiger partial charge in [-0.3, -0.25) is 14.4 Å². The van der Waals surface area contributed by atoms with E-state index in [9.17, 15) is 117 Å². The maximum absolute atomic E-state index is 13.7. The zero-order valence-corrected chi connectivity index (χ0v) is 54.1. The number of hydrogen-bond acceptors (Lipinski definition) is 37. The third kappa shape index (κ3) is 15.2. The van der Waals surface area contributed by atoms with Gasteiger partial charge in [-0.2, -0.15) is 0 Å². The number of methoxy groups -OCH3 is 2. The largest absolute Gasteiger partial charge is 0.508 e. The van der Waals surface area contributed by atoms with E-state index in [1.807, 2.05) is 0 Å². The normalized spacial score (nSPS) is 34.0. The van der Waals surface area contributed by atoms with Gasteiger partial charge >= 0.3 is 23.3 Å². The molecule has 103 heavy (non-hydrogen) atoms. The predicted octanol–water partition coefficient (Wildman–Crippen LogP) is -4.56. The summed E-state index contributed by atoms with van der Waals surface area (Å²) < 4.78 is 85.6. The number of benzene rings is 4. The number of rotatable bonds is 21. The zero-order valence-electron chi connectivity index (χ0n) is 54.1. The number of fused-ring (bicyclic) bond motifs is 2. The first-order valence-electron chi connectivity index (χ1n) is 31.7. The molecular weight excluding hydrogens is 1390 g/mol. The van der Waals surface area contributed by atoms with Crippen LogP contribution in [-0.2, 0) is 52.2 Å². The number of aliphatic hydroxyl groups excluding tert-OH is 15. The van der Waals surface area contributed by atoms with Crippen LogP contribution in [0.15, 0.2) is 80.4 Å². The molecule has 25 atom stereocenters. The molecule has 38 nitrogen and oxygen atoms in total. The molecule has 0 unspecified atom stereocenters. The van der Waals surface area contributed by atoms with E-state index in [1.165, 1.54) is 63.6 Å². The number of carbonyl (C=O) groups excluding carboxylic acids is 2. The molecule has 0 radical (unpaired) electrons. The van der Waals surface area contributed by atoms with Crippen LogP contribution in [0.4, 0.5) is 0 Å². The average molecular weight is 1460 g/mol. The van der Waals surface area contributed by atoms with Gasteiger partial charge in [-0.15, -0.1) is 0 Å². The number of ether oxygens (including phenoxy) is 13. The van der Waals surface area contributed by atoms with Crippen LogP contribution in [0, 0.1) is 0 Å². The van der Waals surface area contributed by atoms with E-state index >= 15 is 0 Å². The molecule has 0 bridgehead atoms. The fourth-order valence-electron chi connectivity index (χ4n) is 12.3. The van der Waals surface area contributed by atoms with Crippen molar-refractivity contribution in [3.8, 4) is 74.4 Å². The summed E-state index contributed by atoms with van der Waals surface area (Å²) in [6, 6.07) is 13.1. The molecule has 38 heteroatoms. The van der Waals surface area contributed by atoms with Crippen molar-refractivity contribution in [3.05, 3.63) is 82.5 Å². The van der Waals surface area contributed by atoms with Crippen molar-refractivity contribution in [1.29, 1.82) is 0 Å². The Morgan fingerprint density at radius 2 is 1.05 bits per heavy atom. The van der Waals surface area contributed by atoms with Crippen molar-refractivity contribution < 1.29 is 182 Å². The highest BCUT2D eigenvalue weighted by atomic mass is 16.7. The standard InChI is InChI=1S/C65H74O38/c1-20-58(102-40(73)15-39(72)91-18-37-47(78)52(83)61(103-65-56(87)50(81)45(76)36(17-67)100-65)60(96-37)42-27(71)14-31-41(48(42)79)26(70)13-28(94-31)21-4-6-23(68)7-5-21)53(84)57(88)62(93-20)92-19-38-46(77)51(82)55(86)64(101-38)98-34-12-25-29(95-59(34)22-8-32(89-2)43(74)33(9-22)90-3)10-24(69)11-30(25)97-63-54(85)49(80)44(75)35(16-66)99-63/h4-14,20,35-38,44-47,49-58,60-67,75-78,80-88H,15-19H2,1-3H3,(H4-,68,69,70,71,74,79)/p+1/t20-,35+,36+,37+,38+,44+,45+,46+,47+,49-,50-,51-,52-,53-,54+,55+,56+,57+,58-,60-,61+,62+,63+,64+,65-/m0/s1. The van der Waals surface area contributed by atoms with Crippen molar-refractivity contribution in [2.75, 3.05) is 40.6 Å². The minimum atomic E-state index is -2.27. The maximum Gasteiger partial charge on any atom is 0.402 e. The lowest BCUT2D eigenvalue weighted by molar-refractivity contribution is -0.342. The Hall–Kier alpha value is -8.24. The van der Waals surface area contributed by atoms with E-state index in [0.29, 0.717) is 0 Å². The Bertz CT molecular complexity index is 4030. The van der Waals surface area contributed by atoms with E-state index in [0.717, 1.165) is 24.3 Å². The number of phenols is 5. The molecule has 0 spiro atoms. The lowest BCUT2D eigenvalue weighted by Crippen LogP contribution is -2.62. The van der Waals surface area contributed by atoms with Gasteiger partial charge in [-0.25, -0.2) is 4.42 Å². The number of carbonyl (C=O) groups is 2. The van der Waals surface area contributed by atoms with Crippen LogP contribution in [0.5, 0.6) is 51.7 Å². The summed E-state index contributed by atoms with van der Waals surface area (Å²) in [5.74, 6) is -7.28. The molecule has 5 saturated heterocycles. The van der Waals surface area contributed by atoms with Gasteiger partial charge in [-0.1, -0.05) is 0 Å². The van der Waals surface area contributed by atoms with Crippen LogP contribution < -0.4 is 24.4 Å². The SMILES string of the molecule is COc1cc(-c2[o+]c3cc(O)cc(O[C@@H]4O[C@H](CO)[C@@H](O)[C@H](O)[C@H]4O)c3cc2O[C@@H]2O[C@H](CO[C@@H]3O[C@@H](C)[C@H](OC(=O)CC(=O)OC[C@H]4O[C@@H](c5c(O)cc6oc(-c7ccc(O)cc7)cc(=O)c6c5O)[C@H](O[C@@H]5O[C@H](CO)[C@@H](O)[C@H](O)[C@H]5O)[C@@H](O)[C@@H]4O)[C@@H](O)[C@H]3O)[C@@H](O)[C@H](O)[C@H]2O)cc(OC)c1O. The number of aromatic hydroxyl groups is 5. The van der Waals surface area contributed by atoms with Gasteiger partial charge < -0.3 is 168 Å². The quantitative estimate of drug-likeness (QED) is 0.0183. The van der Waals surface area contributed by atoms with Gasteiger partial charge in [0, 0.05) is 42.0 Å². The minimum Gasteiger partial charge on any atom is -0.508 e. The molecule has 5 fully saturated rings. The third-order valence-electron chi connectivity index (χ3n) is 18.0. The Morgan fingerprint density at radius 3 is 1.66 bits per heavy atom. The molecule has 0 amide bonds. The first kappa shape index (κ1) is 75.9. The van der Waals surface area contributed by atoms with Crippen molar-refractivity contribution >= 4 is 33.9 Å². The molecule has 11 rings (SSSR count). The molecule has 4 aromatic carbocycles. The monoisotopic (exact) mass is 1460 g/mol. The van der Waals surface area contributed by atoms with E-state index in [2.05, 4.69) is 0 Å². The summed E-state index contributed by atoms with van der Waals surface area (Å²) in [4.78, 5) is 40.4. The smallest absolute Gasteiger partial charge is 0.402 e. The van der Waals surface area contributed by atoms with Crippen LogP contribution in [0.25, 0.3) is 44.6 Å². The number of phenolic OH excluding ortho intramolecular Hbond substituents is 5. The topological polar surface area (TPSA) is 600 Å². The molecule has 5 aliphatic rings. The van der Waals surface area contributed by atoms with Crippen LogP contribution >= 0.6 is 0 Å². The van der Waals surface area contributed by atoms with E-state index in [4.69, 9.17) is 70.4 Å². The fraction of sp³-hybridized carbons (Fsp3) is 0.508. The van der Waals surface area contributed by atoms with E-state index in [1.54, 1.807) is 0 Å². The molecule has 6 aromatic rings. The van der Waals surface area contributed by atoms with Gasteiger partial charge in [0.1, 0.15) is 180 Å². The molecular formula is C65H75O38+. The summed E-state index contributed by atoms with van der Waals surface area (Å²) >= 11 is 0.